The number of anilines is 2. The minimum Gasteiger partial charge on any atom is -0.495 e. The lowest BCUT2D eigenvalue weighted by atomic mass is 10.1. The number of urea groups is 1. The van der Waals surface area contributed by atoms with E-state index in [9.17, 15) is 4.79 Å². The smallest absolute Gasteiger partial charge is 0.337 e. The van der Waals surface area contributed by atoms with Gasteiger partial charge in [-0.1, -0.05) is 61.3 Å². The number of pyridine rings is 1. The van der Waals surface area contributed by atoms with Crippen molar-refractivity contribution < 1.29 is 9.53 Å². The molecule has 1 aromatic heterocycles. The maximum absolute atomic E-state index is 12.4. The summed E-state index contributed by atoms with van der Waals surface area (Å²) in [6.45, 7) is 0. The van der Waals surface area contributed by atoms with Crippen LogP contribution in [0.3, 0.4) is 0 Å². The van der Waals surface area contributed by atoms with Gasteiger partial charge in [0.15, 0.2) is 0 Å². The van der Waals surface area contributed by atoms with Crippen molar-refractivity contribution in [1.29, 1.82) is 0 Å². The van der Waals surface area contributed by atoms with Crippen LogP contribution in [0.2, 0.25) is 0 Å². The second-order valence-electron chi connectivity index (χ2n) is 5.59. The predicted molar refractivity (Wildman–Crippen MR) is 107 cm³/mol. The summed E-state index contributed by atoms with van der Waals surface area (Å²) in [7, 11) is 1.60. The highest BCUT2D eigenvalue weighted by molar-refractivity contribution is 7.82. The molecule has 5 nitrogen and oxygen atoms in total. The third-order valence-electron chi connectivity index (χ3n) is 3.79. The zero-order chi connectivity index (χ0) is 18.4. The van der Waals surface area contributed by atoms with E-state index in [0.717, 1.165) is 11.3 Å². The molecule has 2 amide bonds. The first-order valence-electron chi connectivity index (χ1n) is 8.10. The van der Waals surface area contributed by atoms with E-state index < -0.39 is 0 Å². The van der Waals surface area contributed by atoms with Gasteiger partial charge in [0.2, 0.25) is 0 Å². The molecule has 3 rings (SSSR count). The lowest BCUT2D eigenvalue weighted by Crippen LogP contribution is -2.27. The third kappa shape index (κ3) is 4.34. The summed E-state index contributed by atoms with van der Waals surface area (Å²) in [5, 5.41) is 2.78. The molecule has 0 aliphatic carbocycles. The van der Waals surface area contributed by atoms with Crippen LogP contribution in [0.25, 0.3) is 0 Å². The molecule has 0 unspecified atom stereocenters. The van der Waals surface area contributed by atoms with E-state index in [1.165, 1.54) is 4.31 Å². The largest absolute Gasteiger partial charge is 0.495 e. The maximum Gasteiger partial charge on any atom is 0.337 e. The molecule has 1 N–H and O–H groups in total. The van der Waals surface area contributed by atoms with Gasteiger partial charge in [-0.15, -0.1) is 0 Å². The zero-order valence-electron chi connectivity index (χ0n) is 14.3. The van der Waals surface area contributed by atoms with Crippen LogP contribution in [0.4, 0.5) is 16.3 Å². The summed E-state index contributed by atoms with van der Waals surface area (Å²) in [5.41, 5.74) is 2.53. The average Bonchev–Trinajstić information content (AvgIpc) is 2.69. The topological polar surface area (TPSA) is 54.5 Å². The van der Waals surface area contributed by atoms with Gasteiger partial charge in [0.05, 0.1) is 12.8 Å². The van der Waals surface area contributed by atoms with Crippen LogP contribution in [-0.2, 0) is 6.42 Å². The standard InChI is InChI=1S/C20H19N3O2S/c1-25-18-12-13-19(22-17(18)14-15-8-4-2-5-9-15)23(26)20(24)21-16-10-6-3-7-11-16/h2-13,26H,14H2,1H3,(H,21,24). The highest BCUT2D eigenvalue weighted by atomic mass is 32.1. The van der Waals surface area contributed by atoms with Gasteiger partial charge in [-0.2, -0.15) is 0 Å². The van der Waals surface area contributed by atoms with Crippen LogP contribution in [-0.4, -0.2) is 18.1 Å². The van der Waals surface area contributed by atoms with Crippen molar-refractivity contribution in [2.75, 3.05) is 16.7 Å². The Morgan fingerprint density at radius 1 is 1.04 bits per heavy atom. The van der Waals surface area contributed by atoms with Crippen molar-refractivity contribution in [3.8, 4) is 5.75 Å². The fourth-order valence-electron chi connectivity index (χ4n) is 2.50. The number of para-hydroxylation sites is 1. The number of rotatable bonds is 5. The Hall–Kier alpha value is -2.99. The van der Waals surface area contributed by atoms with E-state index in [-0.39, 0.29) is 6.03 Å². The van der Waals surface area contributed by atoms with Gasteiger partial charge in [-0.3, -0.25) is 0 Å². The lowest BCUT2D eigenvalue weighted by Gasteiger charge is -2.17. The quantitative estimate of drug-likeness (QED) is 0.652. The van der Waals surface area contributed by atoms with E-state index in [2.05, 4.69) is 23.1 Å². The predicted octanol–water partition coefficient (Wildman–Crippen LogP) is 4.56. The molecule has 0 bridgehead atoms. The third-order valence-corrected chi connectivity index (χ3v) is 4.17. The van der Waals surface area contributed by atoms with Crippen LogP contribution in [0.5, 0.6) is 5.75 Å². The molecule has 0 saturated heterocycles. The lowest BCUT2D eigenvalue weighted by molar-refractivity contribution is 0.260. The van der Waals surface area contributed by atoms with Crippen LogP contribution in [0.15, 0.2) is 72.8 Å². The second kappa shape index (κ2) is 8.40. The normalized spacial score (nSPS) is 10.2. The molecule has 6 heteroatoms. The Morgan fingerprint density at radius 2 is 1.69 bits per heavy atom. The SMILES string of the molecule is COc1ccc(N(S)C(=O)Nc2ccccc2)nc1Cc1ccccc1. The number of thiol groups is 1. The highest BCUT2D eigenvalue weighted by Gasteiger charge is 2.16. The van der Waals surface area contributed by atoms with E-state index in [1.807, 2.05) is 60.7 Å². The first-order chi connectivity index (χ1) is 12.7. The molecule has 0 spiro atoms. The molecule has 3 aromatic rings. The van der Waals surface area contributed by atoms with E-state index in [1.54, 1.807) is 19.2 Å². The Bertz CT molecular complexity index is 873. The van der Waals surface area contributed by atoms with Crippen molar-refractivity contribution in [3.63, 3.8) is 0 Å². The molecule has 132 valence electrons. The van der Waals surface area contributed by atoms with Crippen molar-refractivity contribution in [2.24, 2.45) is 0 Å². The number of benzene rings is 2. The molecular weight excluding hydrogens is 346 g/mol. The zero-order valence-corrected chi connectivity index (χ0v) is 15.2. The van der Waals surface area contributed by atoms with Crippen molar-refractivity contribution >= 4 is 30.4 Å². The molecule has 0 aliphatic rings. The first-order valence-corrected chi connectivity index (χ1v) is 8.50. The Kier molecular flexibility index (Phi) is 5.76. The Labute approximate surface area is 158 Å². The summed E-state index contributed by atoms with van der Waals surface area (Å²) in [5.74, 6) is 1.09. The van der Waals surface area contributed by atoms with Gasteiger partial charge in [0.25, 0.3) is 0 Å². The number of nitrogens with one attached hydrogen (secondary N) is 1. The monoisotopic (exact) mass is 365 g/mol. The molecule has 0 aliphatic heterocycles. The van der Waals surface area contributed by atoms with Gasteiger partial charge in [-0.05, 0) is 29.8 Å². The number of nitrogens with zero attached hydrogens (tertiary/aromatic N) is 2. The molecule has 1 heterocycles. The number of amides is 2. The number of ether oxygens (including phenoxy) is 1. The number of methoxy groups -OCH3 is 1. The number of carbonyl (C=O) groups is 1. The molecule has 26 heavy (non-hydrogen) atoms. The minimum absolute atomic E-state index is 0.386. The number of hydrogen-bond acceptors (Lipinski definition) is 4. The number of carbonyl (C=O) groups excluding carboxylic acids is 1. The van der Waals surface area contributed by atoms with E-state index in [4.69, 9.17) is 4.74 Å². The van der Waals surface area contributed by atoms with Crippen molar-refractivity contribution in [2.45, 2.75) is 6.42 Å². The fraction of sp³-hybridized carbons (Fsp3) is 0.100. The fourth-order valence-corrected chi connectivity index (χ4v) is 2.66. The molecule has 0 fully saturated rings. The minimum atomic E-state index is -0.386. The molecule has 0 saturated carbocycles. The molecular formula is C20H19N3O2S. The van der Waals surface area contributed by atoms with Crippen LogP contribution in [0, 0.1) is 0 Å². The van der Waals surface area contributed by atoms with E-state index in [0.29, 0.717) is 23.7 Å². The Balaban J connectivity index is 1.81. The number of aromatic nitrogens is 1. The summed E-state index contributed by atoms with van der Waals surface area (Å²) >= 11 is 4.30. The summed E-state index contributed by atoms with van der Waals surface area (Å²) < 4.78 is 6.58. The summed E-state index contributed by atoms with van der Waals surface area (Å²) in [6, 6.07) is 22.3. The van der Waals surface area contributed by atoms with E-state index >= 15 is 0 Å². The summed E-state index contributed by atoms with van der Waals surface area (Å²) in [6.07, 6.45) is 0.597. The molecule has 0 radical (unpaired) electrons. The van der Waals surface area contributed by atoms with Crippen LogP contribution >= 0.6 is 12.8 Å². The van der Waals surface area contributed by atoms with Crippen LogP contribution < -0.4 is 14.4 Å². The van der Waals surface area contributed by atoms with Crippen LogP contribution in [0.1, 0.15) is 11.3 Å². The second-order valence-corrected chi connectivity index (χ2v) is 5.99. The number of hydrogen-bond donors (Lipinski definition) is 2. The maximum atomic E-state index is 12.4. The molecule has 0 atom stereocenters. The van der Waals surface area contributed by atoms with Crippen molar-refractivity contribution in [1.82, 2.24) is 4.98 Å². The van der Waals surface area contributed by atoms with Gasteiger partial charge < -0.3 is 10.1 Å². The van der Waals surface area contributed by atoms with Crippen molar-refractivity contribution in [3.05, 3.63) is 84.1 Å². The molecule has 2 aromatic carbocycles. The van der Waals surface area contributed by atoms with Gasteiger partial charge in [-0.25, -0.2) is 14.1 Å². The summed E-state index contributed by atoms with van der Waals surface area (Å²) in [4.78, 5) is 17.0. The van der Waals surface area contributed by atoms with Gasteiger partial charge in [0, 0.05) is 12.1 Å². The first kappa shape index (κ1) is 17.8. The van der Waals surface area contributed by atoms with Gasteiger partial charge in [0.1, 0.15) is 11.6 Å². The highest BCUT2D eigenvalue weighted by Crippen LogP contribution is 2.25. The average molecular weight is 365 g/mol. The Morgan fingerprint density at radius 3 is 2.35 bits per heavy atom. The van der Waals surface area contributed by atoms with Gasteiger partial charge >= 0.3 is 6.03 Å².